The van der Waals surface area contributed by atoms with E-state index in [9.17, 15) is 0 Å². The maximum atomic E-state index is 4.36. The van der Waals surface area contributed by atoms with Crippen molar-refractivity contribution < 1.29 is 0 Å². The Hall–Kier alpha value is -0.970. The zero-order valence-electron chi connectivity index (χ0n) is 9.23. The van der Waals surface area contributed by atoms with Crippen molar-refractivity contribution in [2.75, 3.05) is 13.1 Å². The maximum Gasteiger partial charge on any atom is 0.0815 e. The van der Waals surface area contributed by atoms with Crippen LogP contribution >= 0.6 is 11.3 Å². The van der Waals surface area contributed by atoms with Crippen molar-refractivity contribution in [2.45, 2.75) is 19.0 Å². The van der Waals surface area contributed by atoms with E-state index in [1.54, 1.807) is 11.3 Å². The number of hydrogen-bond donors (Lipinski definition) is 2. The molecule has 2 atom stereocenters. The van der Waals surface area contributed by atoms with E-state index in [1.807, 2.05) is 5.51 Å². The molecule has 16 heavy (non-hydrogen) atoms. The van der Waals surface area contributed by atoms with Gasteiger partial charge in [-0.05, 0) is 24.6 Å². The lowest BCUT2D eigenvalue weighted by Gasteiger charge is -2.29. The van der Waals surface area contributed by atoms with Crippen LogP contribution in [-0.2, 0) is 0 Å². The van der Waals surface area contributed by atoms with E-state index < -0.39 is 0 Å². The monoisotopic (exact) mass is 233 g/mol. The lowest BCUT2D eigenvalue weighted by atomic mass is 10.0. The van der Waals surface area contributed by atoms with Crippen molar-refractivity contribution in [2.24, 2.45) is 0 Å². The lowest BCUT2D eigenvalue weighted by molar-refractivity contribution is 0.367. The predicted octanol–water partition coefficient (Wildman–Crippen LogP) is 1.92. The van der Waals surface area contributed by atoms with Gasteiger partial charge in [-0.25, -0.2) is 4.98 Å². The van der Waals surface area contributed by atoms with E-state index in [2.05, 4.69) is 40.7 Å². The van der Waals surface area contributed by atoms with Crippen LogP contribution < -0.4 is 10.6 Å². The summed E-state index contributed by atoms with van der Waals surface area (Å²) in [5.74, 6) is 0. The van der Waals surface area contributed by atoms with Crippen LogP contribution in [0.25, 0.3) is 10.2 Å². The van der Waals surface area contributed by atoms with Gasteiger partial charge in [0.2, 0.25) is 0 Å². The zero-order chi connectivity index (χ0) is 11.0. The van der Waals surface area contributed by atoms with Crippen molar-refractivity contribution in [3.05, 3.63) is 29.3 Å². The second kappa shape index (κ2) is 4.13. The Balaban J connectivity index is 1.87. The molecule has 1 unspecified atom stereocenters. The molecule has 1 aromatic heterocycles. The van der Waals surface area contributed by atoms with Gasteiger partial charge in [0.15, 0.2) is 0 Å². The molecule has 1 fully saturated rings. The summed E-state index contributed by atoms with van der Waals surface area (Å²) >= 11 is 1.70. The molecule has 1 aliphatic rings. The molecule has 2 heterocycles. The standard InChI is InChI=1S/C12H15N3S/c1-8-5-14-11(6-13-8)9-2-3-12-10(4-9)15-7-16-12/h2-4,7-8,11,13-14H,5-6H2,1H3/t8-,11?/m1/s1. The molecule has 4 heteroatoms. The van der Waals surface area contributed by atoms with Crippen molar-refractivity contribution in [3.8, 4) is 0 Å². The van der Waals surface area contributed by atoms with Gasteiger partial charge < -0.3 is 10.6 Å². The van der Waals surface area contributed by atoms with Gasteiger partial charge >= 0.3 is 0 Å². The first-order valence-corrected chi connectivity index (χ1v) is 6.51. The van der Waals surface area contributed by atoms with Crippen LogP contribution in [-0.4, -0.2) is 24.1 Å². The normalized spacial score (nSPS) is 26.1. The Kier molecular flexibility index (Phi) is 2.63. The fourth-order valence-corrected chi connectivity index (χ4v) is 2.77. The van der Waals surface area contributed by atoms with Gasteiger partial charge in [-0.3, -0.25) is 0 Å². The number of nitrogens with zero attached hydrogens (tertiary/aromatic N) is 1. The van der Waals surface area contributed by atoms with E-state index in [1.165, 1.54) is 10.3 Å². The summed E-state index contributed by atoms with van der Waals surface area (Å²) in [6.45, 7) is 4.23. The third-order valence-electron chi connectivity index (χ3n) is 3.10. The van der Waals surface area contributed by atoms with Crippen molar-refractivity contribution in [1.82, 2.24) is 15.6 Å². The van der Waals surface area contributed by atoms with Crippen LogP contribution in [0.2, 0.25) is 0 Å². The molecule has 0 saturated carbocycles. The molecule has 3 rings (SSSR count). The quantitative estimate of drug-likeness (QED) is 0.790. The SMILES string of the molecule is C[C@@H]1CNC(c2ccc3scnc3c2)CN1. The molecule has 0 amide bonds. The third-order valence-corrected chi connectivity index (χ3v) is 3.91. The first-order valence-electron chi connectivity index (χ1n) is 5.63. The highest BCUT2D eigenvalue weighted by molar-refractivity contribution is 7.16. The van der Waals surface area contributed by atoms with Crippen LogP contribution in [0, 0.1) is 0 Å². The molecule has 1 aromatic carbocycles. The Morgan fingerprint density at radius 1 is 1.31 bits per heavy atom. The van der Waals surface area contributed by atoms with E-state index >= 15 is 0 Å². The Morgan fingerprint density at radius 2 is 2.25 bits per heavy atom. The molecule has 2 N–H and O–H groups in total. The largest absolute Gasteiger partial charge is 0.311 e. The summed E-state index contributed by atoms with van der Waals surface area (Å²) in [7, 11) is 0. The van der Waals surface area contributed by atoms with E-state index in [-0.39, 0.29) is 0 Å². The average molecular weight is 233 g/mol. The average Bonchev–Trinajstić information content (AvgIpc) is 2.77. The summed E-state index contributed by atoms with van der Waals surface area (Å²) in [5.41, 5.74) is 4.35. The minimum Gasteiger partial charge on any atom is -0.311 e. The Labute approximate surface area is 98.9 Å². The maximum absolute atomic E-state index is 4.36. The highest BCUT2D eigenvalue weighted by Gasteiger charge is 2.18. The van der Waals surface area contributed by atoms with Crippen LogP contribution in [0.1, 0.15) is 18.5 Å². The molecule has 2 aromatic rings. The lowest BCUT2D eigenvalue weighted by Crippen LogP contribution is -2.48. The molecule has 1 saturated heterocycles. The minimum atomic E-state index is 0.419. The molecule has 0 bridgehead atoms. The van der Waals surface area contributed by atoms with Gasteiger partial charge in [-0.1, -0.05) is 6.07 Å². The number of rotatable bonds is 1. The molecule has 84 valence electrons. The molecule has 0 spiro atoms. The van der Waals surface area contributed by atoms with E-state index in [0.29, 0.717) is 12.1 Å². The third kappa shape index (κ3) is 1.84. The summed E-state index contributed by atoms with van der Waals surface area (Å²) in [4.78, 5) is 4.36. The first kappa shape index (κ1) is 10.2. The Morgan fingerprint density at radius 3 is 3.06 bits per heavy atom. The van der Waals surface area contributed by atoms with Gasteiger partial charge in [0, 0.05) is 25.2 Å². The number of aromatic nitrogens is 1. The van der Waals surface area contributed by atoms with Crippen LogP contribution in [0.3, 0.4) is 0 Å². The second-order valence-corrected chi connectivity index (χ2v) is 5.24. The number of fused-ring (bicyclic) bond motifs is 1. The van der Waals surface area contributed by atoms with Gasteiger partial charge in [0.25, 0.3) is 0 Å². The molecule has 0 radical (unpaired) electrons. The van der Waals surface area contributed by atoms with E-state index in [0.717, 1.165) is 18.6 Å². The minimum absolute atomic E-state index is 0.419. The van der Waals surface area contributed by atoms with Gasteiger partial charge in [-0.2, -0.15) is 0 Å². The van der Waals surface area contributed by atoms with Gasteiger partial charge in [0.1, 0.15) is 0 Å². The highest BCUT2D eigenvalue weighted by Crippen LogP contribution is 2.23. The molecule has 1 aliphatic heterocycles. The number of thiazole rings is 1. The predicted molar refractivity (Wildman–Crippen MR) is 67.8 cm³/mol. The fraction of sp³-hybridized carbons (Fsp3) is 0.417. The summed E-state index contributed by atoms with van der Waals surface area (Å²) in [6.07, 6.45) is 0. The number of piperazine rings is 1. The highest BCUT2D eigenvalue weighted by atomic mass is 32.1. The van der Waals surface area contributed by atoms with E-state index in [4.69, 9.17) is 0 Å². The Bertz CT molecular complexity index is 486. The van der Waals surface area contributed by atoms with Gasteiger partial charge in [0.05, 0.1) is 15.7 Å². The summed E-state index contributed by atoms with van der Waals surface area (Å²) in [6, 6.07) is 7.56. The van der Waals surface area contributed by atoms with Crippen molar-refractivity contribution in [1.29, 1.82) is 0 Å². The smallest absolute Gasteiger partial charge is 0.0815 e. The summed E-state index contributed by atoms with van der Waals surface area (Å²) in [5, 5.41) is 7.05. The van der Waals surface area contributed by atoms with Crippen LogP contribution in [0.4, 0.5) is 0 Å². The number of nitrogens with one attached hydrogen (secondary N) is 2. The number of benzene rings is 1. The topological polar surface area (TPSA) is 37.0 Å². The second-order valence-electron chi connectivity index (χ2n) is 4.35. The summed E-state index contributed by atoms with van der Waals surface area (Å²) < 4.78 is 1.26. The molecular weight excluding hydrogens is 218 g/mol. The first-order chi connectivity index (χ1) is 7.83. The van der Waals surface area contributed by atoms with Crippen molar-refractivity contribution >= 4 is 21.6 Å². The van der Waals surface area contributed by atoms with Crippen LogP contribution in [0.15, 0.2) is 23.7 Å². The molecule has 3 nitrogen and oxygen atoms in total. The van der Waals surface area contributed by atoms with Gasteiger partial charge in [-0.15, -0.1) is 11.3 Å². The van der Waals surface area contributed by atoms with Crippen molar-refractivity contribution in [3.63, 3.8) is 0 Å². The molecule has 0 aliphatic carbocycles. The van der Waals surface area contributed by atoms with Crippen LogP contribution in [0.5, 0.6) is 0 Å². The molecular formula is C12H15N3S. The number of hydrogen-bond acceptors (Lipinski definition) is 4. The fourth-order valence-electron chi connectivity index (χ4n) is 2.11. The zero-order valence-corrected chi connectivity index (χ0v) is 10.1.